The zero-order valence-electron chi connectivity index (χ0n) is 20.3. The molecule has 8 heteroatoms. The highest BCUT2D eigenvalue weighted by Crippen LogP contribution is 2.21. The zero-order valence-corrected chi connectivity index (χ0v) is 22.7. The molecule has 1 aromatic heterocycles. The molecule has 2 fully saturated rings. The summed E-state index contributed by atoms with van der Waals surface area (Å²) in [6.45, 7) is 7.00. The summed E-state index contributed by atoms with van der Waals surface area (Å²) in [4.78, 5) is 7.52. The van der Waals surface area contributed by atoms with Crippen molar-refractivity contribution in [3.63, 3.8) is 0 Å². The molecule has 7 nitrogen and oxygen atoms in total. The number of nitrogens with one attached hydrogen (secondary N) is 2. The number of guanidine groups is 1. The third-order valence-corrected chi connectivity index (χ3v) is 7.09. The highest BCUT2D eigenvalue weighted by Gasteiger charge is 2.26. The summed E-state index contributed by atoms with van der Waals surface area (Å²) in [5.41, 5.74) is 1.39. The van der Waals surface area contributed by atoms with Gasteiger partial charge in [-0.3, -0.25) is 4.90 Å². The summed E-state index contributed by atoms with van der Waals surface area (Å²) >= 11 is 0. The van der Waals surface area contributed by atoms with Crippen molar-refractivity contribution in [2.75, 3.05) is 6.54 Å². The molecule has 2 heterocycles. The molecular formula is C25H40IN7. The van der Waals surface area contributed by atoms with Gasteiger partial charge in [0.15, 0.2) is 11.8 Å². The maximum atomic E-state index is 4.93. The molecule has 1 saturated heterocycles. The van der Waals surface area contributed by atoms with E-state index in [4.69, 9.17) is 4.99 Å². The summed E-state index contributed by atoms with van der Waals surface area (Å²) < 4.78 is 2.02. The first-order chi connectivity index (χ1) is 15.6. The van der Waals surface area contributed by atoms with Gasteiger partial charge in [0.2, 0.25) is 0 Å². The molecule has 0 radical (unpaired) electrons. The lowest BCUT2D eigenvalue weighted by Gasteiger charge is -2.39. The Labute approximate surface area is 215 Å². The van der Waals surface area contributed by atoms with Crippen molar-refractivity contribution in [1.29, 1.82) is 0 Å². The Morgan fingerprint density at radius 1 is 1.03 bits per heavy atom. The second-order valence-electron chi connectivity index (χ2n) is 9.54. The van der Waals surface area contributed by atoms with Crippen LogP contribution in [0, 0.1) is 6.92 Å². The molecule has 0 bridgehead atoms. The second-order valence-corrected chi connectivity index (χ2v) is 9.54. The fraction of sp³-hybridized carbons (Fsp3) is 0.640. The Balaban J connectivity index is 0.00000306. The van der Waals surface area contributed by atoms with Crippen LogP contribution in [0.15, 0.2) is 35.3 Å². The van der Waals surface area contributed by atoms with Crippen LogP contribution in [-0.2, 0) is 20.1 Å². The molecule has 0 spiro atoms. The highest BCUT2D eigenvalue weighted by atomic mass is 127. The SMILES string of the molecule is Cc1nnc(CN=C(NC2CCCCC2)NC2CCN(Cc3ccccc3)C(C)C2)n1C.I. The molecule has 1 aliphatic carbocycles. The normalized spacial score (nSPS) is 22.6. The molecule has 2 atom stereocenters. The third kappa shape index (κ3) is 7.40. The third-order valence-electron chi connectivity index (χ3n) is 7.09. The van der Waals surface area contributed by atoms with Crippen molar-refractivity contribution in [1.82, 2.24) is 30.3 Å². The van der Waals surface area contributed by atoms with E-state index in [1.807, 2.05) is 18.5 Å². The van der Waals surface area contributed by atoms with Gasteiger partial charge in [0.1, 0.15) is 12.4 Å². The molecule has 2 aromatic rings. The molecule has 0 amide bonds. The summed E-state index contributed by atoms with van der Waals surface area (Å²) in [5.74, 6) is 2.76. The minimum atomic E-state index is 0. The van der Waals surface area contributed by atoms with E-state index in [2.05, 4.69) is 63.0 Å². The Kier molecular flexibility index (Phi) is 9.97. The predicted molar refractivity (Wildman–Crippen MR) is 145 cm³/mol. The quantitative estimate of drug-likeness (QED) is 0.313. The predicted octanol–water partition coefficient (Wildman–Crippen LogP) is 4.16. The van der Waals surface area contributed by atoms with E-state index in [1.165, 1.54) is 37.7 Å². The van der Waals surface area contributed by atoms with Gasteiger partial charge in [-0.2, -0.15) is 0 Å². The fourth-order valence-corrected chi connectivity index (χ4v) is 4.91. The van der Waals surface area contributed by atoms with E-state index in [9.17, 15) is 0 Å². The smallest absolute Gasteiger partial charge is 0.192 e. The molecule has 1 saturated carbocycles. The Morgan fingerprint density at radius 2 is 1.76 bits per heavy atom. The van der Waals surface area contributed by atoms with Gasteiger partial charge in [-0.25, -0.2) is 4.99 Å². The van der Waals surface area contributed by atoms with Gasteiger partial charge >= 0.3 is 0 Å². The van der Waals surface area contributed by atoms with Crippen LogP contribution in [0.3, 0.4) is 0 Å². The van der Waals surface area contributed by atoms with Gasteiger partial charge in [-0.05, 0) is 45.1 Å². The lowest BCUT2D eigenvalue weighted by Crippen LogP contribution is -2.53. The van der Waals surface area contributed by atoms with Crippen LogP contribution in [0.4, 0.5) is 0 Å². The number of benzene rings is 1. The first-order valence-corrected chi connectivity index (χ1v) is 12.3. The number of rotatable bonds is 6. The zero-order chi connectivity index (χ0) is 22.3. The van der Waals surface area contributed by atoms with Crippen molar-refractivity contribution in [2.24, 2.45) is 12.0 Å². The molecule has 4 rings (SSSR count). The largest absolute Gasteiger partial charge is 0.354 e. The average Bonchev–Trinajstić information content (AvgIpc) is 3.13. The summed E-state index contributed by atoms with van der Waals surface area (Å²) in [5, 5.41) is 16.0. The van der Waals surface area contributed by atoms with Gasteiger partial charge in [-0.1, -0.05) is 49.6 Å². The monoisotopic (exact) mass is 565 g/mol. The summed E-state index contributed by atoms with van der Waals surface area (Å²) in [6, 6.07) is 12.3. The molecule has 1 aliphatic heterocycles. The van der Waals surface area contributed by atoms with Crippen LogP contribution in [-0.4, -0.2) is 50.3 Å². The summed E-state index contributed by atoms with van der Waals surface area (Å²) in [7, 11) is 2.01. The molecule has 1 aromatic carbocycles. The van der Waals surface area contributed by atoms with Gasteiger partial charge in [0.25, 0.3) is 0 Å². The number of aliphatic imine (C=N–C) groups is 1. The first kappa shape index (κ1) is 25.9. The molecule has 33 heavy (non-hydrogen) atoms. The van der Waals surface area contributed by atoms with Crippen molar-refractivity contribution in [3.05, 3.63) is 47.5 Å². The number of hydrogen-bond donors (Lipinski definition) is 2. The molecule has 2 aliphatic rings. The lowest BCUT2D eigenvalue weighted by molar-refractivity contribution is 0.134. The van der Waals surface area contributed by atoms with E-state index in [0.29, 0.717) is 24.7 Å². The molecule has 182 valence electrons. The van der Waals surface area contributed by atoms with E-state index < -0.39 is 0 Å². The van der Waals surface area contributed by atoms with E-state index in [0.717, 1.165) is 43.5 Å². The van der Waals surface area contributed by atoms with Crippen molar-refractivity contribution < 1.29 is 0 Å². The van der Waals surface area contributed by atoms with Crippen LogP contribution < -0.4 is 10.6 Å². The van der Waals surface area contributed by atoms with E-state index in [1.54, 1.807) is 0 Å². The Morgan fingerprint density at radius 3 is 2.42 bits per heavy atom. The Bertz CT molecular complexity index is 876. The minimum Gasteiger partial charge on any atom is -0.354 e. The number of halogens is 1. The van der Waals surface area contributed by atoms with Crippen LogP contribution >= 0.6 is 24.0 Å². The van der Waals surface area contributed by atoms with Gasteiger partial charge < -0.3 is 15.2 Å². The van der Waals surface area contributed by atoms with Crippen LogP contribution in [0.25, 0.3) is 0 Å². The van der Waals surface area contributed by atoms with Crippen LogP contribution in [0.1, 0.15) is 69.1 Å². The maximum absolute atomic E-state index is 4.93. The first-order valence-electron chi connectivity index (χ1n) is 12.3. The average molecular weight is 566 g/mol. The van der Waals surface area contributed by atoms with E-state index >= 15 is 0 Å². The number of piperidine rings is 1. The van der Waals surface area contributed by atoms with Crippen molar-refractivity contribution in [2.45, 2.75) is 90.0 Å². The lowest BCUT2D eigenvalue weighted by atomic mass is 9.95. The highest BCUT2D eigenvalue weighted by molar-refractivity contribution is 14.0. The fourth-order valence-electron chi connectivity index (χ4n) is 4.91. The number of hydrogen-bond acceptors (Lipinski definition) is 4. The van der Waals surface area contributed by atoms with Gasteiger partial charge in [0, 0.05) is 38.3 Å². The Hall–Kier alpha value is -1.68. The number of aromatic nitrogens is 3. The molecular weight excluding hydrogens is 525 g/mol. The number of likely N-dealkylation sites (tertiary alicyclic amines) is 1. The number of nitrogens with zero attached hydrogens (tertiary/aromatic N) is 5. The second kappa shape index (κ2) is 12.7. The van der Waals surface area contributed by atoms with E-state index in [-0.39, 0.29) is 24.0 Å². The maximum Gasteiger partial charge on any atom is 0.192 e. The number of aryl methyl sites for hydroxylation is 1. The van der Waals surface area contributed by atoms with Gasteiger partial charge in [0.05, 0.1) is 0 Å². The van der Waals surface area contributed by atoms with Gasteiger partial charge in [-0.15, -0.1) is 34.2 Å². The van der Waals surface area contributed by atoms with Crippen molar-refractivity contribution >= 4 is 29.9 Å². The molecule has 2 unspecified atom stereocenters. The standard InChI is InChI=1S/C25H39N7.HI/c1-19-16-23(14-15-32(19)18-21-10-6-4-7-11-21)28-25(27-22-12-8-5-9-13-22)26-17-24-30-29-20(2)31(24)3;/h4,6-7,10-11,19,22-23H,5,8-9,12-18H2,1-3H3,(H2,26,27,28);1H. The molecule has 2 N–H and O–H groups in total. The van der Waals surface area contributed by atoms with Crippen molar-refractivity contribution in [3.8, 4) is 0 Å². The minimum absolute atomic E-state index is 0. The van der Waals surface area contributed by atoms with Crippen LogP contribution in [0.5, 0.6) is 0 Å². The summed E-state index contributed by atoms with van der Waals surface area (Å²) in [6.07, 6.45) is 8.69. The van der Waals surface area contributed by atoms with Crippen LogP contribution in [0.2, 0.25) is 0 Å². The topological polar surface area (TPSA) is 70.4 Å².